The van der Waals surface area contributed by atoms with Crippen LogP contribution in [0.3, 0.4) is 0 Å². The lowest BCUT2D eigenvalue weighted by Crippen LogP contribution is -2.48. The van der Waals surface area contributed by atoms with Gasteiger partial charge in [-0.1, -0.05) is 53.7 Å². The molecule has 0 spiro atoms. The van der Waals surface area contributed by atoms with E-state index in [1.807, 2.05) is 43.0 Å². The number of piperazine rings is 1. The molecule has 1 amide bonds. The van der Waals surface area contributed by atoms with Gasteiger partial charge in [0.2, 0.25) is 0 Å². The predicted octanol–water partition coefficient (Wildman–Crippen LogP) is 4.98. The molecule has 174 valence electrons. The summed E-state index contributed by atoms with van der Waals surface area (Å²) >= 11 is 0. The van der Waals surface area contributed by atoms with Gasteiger partial charge in [0.1, 0.15) is 18.1 Å². The minimum absolute atomic E-state index is 0.0487. The lowest BCUT2D eigenvalue weighted by Gasteiger charge is -2.35. The molecule has 34 heavy (non-hydrogen) atoms. The lowest BCUT2D eigenvalue weighted by molar-refractivity contribution is 0.0628. The molecular weight excluding hydrogens is 426 g/mol. The van der Waals surface area contributed by atoms with Crippen molar-refractivity contribution in [2.75, 3.05) is 26.2 Å². The maximum atomic E-state index is 13.2. The van der Waals surface area contributed by atoms with E-state index < -0.39 is 0 Å². The summed E-state index contributed by atoms with van der Waals surface area (Å²) < 4.78 is 11.1. The fourth-order valence-corrected chi connectivity index (χ4v) is 4.55. The van der Waals surface area contributed by atoms with Crippen LogP contribution in [0.2, 0.25) is 0 Å². The van der Waals surface area contributed by atoms with Crippen molar-refractivity contribution in [1.82, 2.24) is 15.0 Å². The van der Waals surface area contributed by atoms with E-state index in [0.717, 1.165) is 36.7 Å². The topological polar surface area (TPSA) is 58.8 Å². The standard InChI is InChI=1S/C28H29N3O3/c1-20-27(21(2)34-29-20)19-33-25-11-6-9-23(17-25)28(32)31-15-13-30(14-16-31)18-24-10-5-8-22-7-3-4-12-26(22)24/h3-12,17H,13-16,18-19H2,1-2H3. The van der Waals surface area contributed by atoms with Crippen molar-refractivity contribution in [1.29, 1.82) is 0 Å². The van der Waals surface area contributed by atoms with Crippen LogP contribution in [0.4, 0.5) is 0 Å². The third kappa shape index (κ3) is 4.68. The highest BCUT2D eigenvalue weighted by molar-refractivity contribution is 5.94. The fourth-order valence-electron chi connectivity index (χ4n) is 4.55. The average Bonchev–Trinajstić information content (AvgIpc) is 3.20. The first-order chi connectivity index (χ1) is 16.6. The van der Waals surface area contributed by atoms with Crippen molar-refractivity contribution < 1.29 is 14.1 Å². The van der Waals surface area contributed by atoms with Gasteiger partial charge in [-0.2, -0.15) is 0 Å². The molecule has 3 aromatic carbocycles. The Hall–Kier alpha value is -3.64. The first-order valence-corrected chi connectivity index (χ1v) is 11.7. The van der Waals surface area contributed by atoms with E-state index in [-0.39, 0.29) is 5.91 Å². The second-order valence-corrected chi connectivity index (χ2v) is 8.83. The number of amides is 1. The van der Waals surface area contributed by atoms with Crippen LogP contribution in [0.25, 0.3) is 10.8 Å². The van der Waals surface area contributed by atoms with Crippen LogP contribution in [0.5, 0.6) is 5.75 Å². The lowest BCUT2D eigenvalue weighted by atomic mass is 10.0. The molecule has 0 aliphatic carbocycles. The monoisotopic (exact) mass is 455 g/mol. The number of benzene rings is 3. The maximum Gasteiger partial charge on any atom is 0.254 e. The molecule has 2 heterocycles. The van der Waals surface area contributed by atoms with Crippen LogP contribution in [0, 0.1) is 13.8 Å². The molecule has 0 N–H and O–H groups in total. The van der Waals surface area contributed by atoms with Crippen molar-refractivity contribution in [2.24, 2.45) is 0 Å². The van der Waals surface area contributed by atoms with Gasteiger partial charge in [-0.25, -0.2) is 0 Å². The van der Waals surface area contributed by atoms with E-state index in [1.54, 1.807) is 0 Å². The van der Waals surface area contributed by atoms with Gasteiger partial charge in [-0.05, 0) is 48.4 Å². The predicted molar refractivity (Wildman–Crippen MR) is 132 cm³/mol. The van der Waals surface area contributed by atoms with Crippen molar-refractivity contribution in [3.05, 3.63) is 94.9 Å². The number of hydrogen-bond donors (Lipinski definition) is 0. The number of nitrogens with zero attached hydrogens (tertiary/aromatic N) is 3. The van der Waals surface area contributed by atoms with Gasteiger partial charge in [0.05, 0.1) is 11.3 Å². The van der Waals surface area contributed by atoms with Crippen LogP contribution in [0.1, 0.15) is 32.9 Å². The number of carbonyl (C=O) groups excluding carboxylic acids is 1. The molecule has 0 bridgehead atoms. The SMILES string of the molecule is Cc1noc(C)c1COc1cccc(C(=O)N2CCN(Cc3cccc4ccccc34)CC2)c1. The van der Waals surface area contributed by atoms with Crippen molar-refractivity contribution in [2.45, 2.75) is 27.0 Å². The summed E-state index contributed by atoms with van der Waals surface area (Å²) in [7, 11) is 0. The Morgan fingerprint density at radius 1 is 0.971 bits per heavy atom. The smallest absolute Gasteiger partial charge is 0.254 e. The summed E-state index contributed by atoms with van der Waals surface area (Å²) in [6.45, 7) is 8.18. The highest BCUT2D eigenvalue weighted by atomic mass is 16.5. The second kappa shape index (κ2) is 9.69. The molecule has 5 rings (SSSR count). The molecule has 0 unspecified atom stereocenters. The minimum atomic E-state index is 0.0487. The number of rotatable bonds is 6. The summed E-state index contributed by atoms with van der Waals surface area (Å²) in [5.41, 5.74) is 3.75. The number of aryl methyl sites for hydroxylation is 2. The molecule has 0 saturated carbocycles. The van der Waals surface area contributed by atoms with Gasteiger partial charge in [0, 0.05) is 38.3 Å². The second-order valence-electron chi connectivity index (χ2n) is 8.83. The summed E-state index contributed by atoms with van der Waals surface area (Å²) in [6.07, 6.45) is 0. The van der Waals surface area contributed by atoms with Crippen molar-refractivity contribution in [3.63, 3.8) is 0 Å². The van der Waals surface area contributed by atoms with Gasteiger partial charge in [0.25, 0.3) is 5.91 Å². The zero-order chi connectivity index (χ0) is 23.5. The molecule has 1 saturated heterocycles. The Morgan fingerprint density at radius 3 is 2.53 bits per heavy atom. The van der Waals surface area contributed by atoms with E-state index in [9.17, 15) is 4.79 Å². The van der Waals surface area contributed by atoms with Gasteiger partial charge >= 0.3 is 0 Å². The highest BCUT2D eigenvalue weighted by Crippen LogP contribution is 2.22. The van der Waals surface area contributed by atoms with E-state index in [2.05, 4.69) is 52.5 Å². The summed E-state index contributed by atoms with van der Waals surface area (Å²) in [4.78, 5) is 17.5. The molecular formula is C28H29N3O3. The van der Waals surface area contributed by atoms with Crippen LogP contribution in [0.15, 0.2) is 71.3 Å². The van der Waals surface area contributed by atoms with Gasteiger partial charge < -0.3 is 14.2 Å². The Morgan fingerprint density at radius 2 is 1.74 bits per heavy atom. The zero-order valence-electron chi connectivity index (χ0n) is 19.7. The molecule has 1 aromatic heterocycles. The number of hydrogen-bond acceptors (Lipinski definition) is 5. The molecule has 1 aliphatic rings. The Bertz CT molecular complexity index is 1280. The molecule has 1 fully saturated rings. The summed E-state index contributed by atoms with van der Waals surface area (Å²) in [6, 6.07) is 22.4. The normalized spacial score (nSPS) is 14.5. The zero-order valence-corrected chi connectivity index (χ0v) is 19.7. The van der Waals surface area contributed by atoms with Gasteiger partial charge in [-0.15, -0.1) is 0 Å². The molecule has 6 heteroatoms. The van der Waals surface area contributed by atoms with Crippen molar-refractivity contribution >= 4 is 16.7 Å². The largest absolute Gasteiger partial charge is 0.489 e. The molecule has 4 aromatic rings. The number of aromatic nitrogens is 1. The third-order valence-corrected chi connectivity index (χ3v) is 6.58. The van der Waals surface area contributed by atoms with Crippen LogP contribution in [-0.4, -0.2) is 47.0 Å². The average molecular weight is 456 g/mol. The van der Waals surface area contributed by atoms with E-state index in [1.165, 1.54) is 16.3 Å². The Labute approximate surface area is 199 Å². The highest BCUT2D eigenvalue weighted by Gasteiger charge is 2.23. The van der Waals surface area contributed by atoms with Crippen molar-refractivity contribution in [3.8, 4) is 5.75 Å². The first-order valence-electron chi connectivity index (χ1n) is 11.7. The van der Waals surface area contributed by atoms with Crippen LogP contribution < -0.4 is 4.74 Å². The summed E-state index contributed by atoms with van der Waals surface area (Å²) in [5, 5.41) is 6.53. The summed E-state index contributed by atoms with van der Waals surface area (Å²) in [5.74, 6) is 1.47. The molecule has 1 aliphatic heterocycles. The van der Waals surface area contributed by atoms with Gasteiger partial charge in [-0.3, -0.25) is 9.69 Å². The van der Waals surface area contributed by atoms with E-state index in [0.29, 0.717) is 31.0 Å². The number of fused-ring (bicyclic) bond motifs is 1. The maximum absolute atomic E-state index is 13.2. The Kier molecular flexibility index (Phi) is 6.32. The fraction of sp³-hybridized carbons (Fsp3) is 0.286. The molecule has 0 radical (unpaired) electrons. The molecule has 0 atom stereocenters. The van der Waals surface area contributed by atoms with E-state index >= 15 is 0 Å². The first kappa shape index (κ1) is 22.2. The van der Waals surface area contributed by atoms with Crippen LogP contribution in [-0.2, 0) is 13.2 Å². The minimum Gasteiger partial charge on any atom is -0.489 e. The number of carbonyl (C=O) groups is 1. The molecule has 6 nitrogen and oxygen atoms in total. The van der Waals surface area contributed by atoms with Crippen LogP contribution >= 0.6 is 0 Å². The number of ether oxygens (including phenoxy) is 1. The Balaban J connectivity index is 1.19. The van der Waals surface area contributed by atoms with Gasteiger partial charge in [0.15, 0.2) is 0 Å². The quantitative estimate of drug-likeness (QED) is 0.410. The van der Waals surface area contributed by atoms with E-state index in [4.69, 9.17) is 9.26 Å². The third-order valence-electron chi connectivity index (χ3n) is 6.58.